The van der Waals surface area contributed by atoms with Gasteiger partial charge in [-0.2, -0.15) is 0 Å². The molecule has 0 unspecified atom stereocenters. The third-order valence-electron chi connectivity index (χ3n) is 2.16. The first-order valence-corrected chi connectivity index (χ1v) is 5.65. The Bertz CT molecular complexity index is 103. The third kappa shape index (κ3) is 11.7. The van der Waals surface area contributed by atoms with Gasteiger partial charge in [0, 0.05) is 0 Å². The highest BCUT2D eigenvalue weighted by atomic mass is 13.9. The van der Waals surface area contributed by atoms with Gasteiger partial charge in [-0.15, -0.1) is 0 Å². The van der Waals surface area contributed by atoms with Crippen molar-refractivity contribution in [2.45, 2.75) is 57.8 Å². The van der Waals surface area contributed by atoms with Crippen LogP contribution in [-0.4, -0.2) is 0 Å². The highest BCUT2D eigenvalue weighted by Crippen LogP contribution is 2.05. The van der Waals surface area contributed by atoms with Crippen LogP contribution in [0.5, 0.6) is 0 Å². The van der Waals surface area contributed by atoms with Crippen molar-refractivity contribution in [3.05, 3.63) is 26.0 Å². The fourth-order valence-electron chi connectivity index (χ4n) is 1.29. The lowest BCUT2D eigenvalue weighted by Crippen LogP contribution is -1.76. The third-order valence-corrected chi connectivity index (χ3v) is 2.16. The Morgan fingerprint density at radius 2 is 1.15 bits per heavy atom. The van der Waals surface area contributed by atoms with E-state index < -0.39 is 0 Å². The van der Waals surface area contributed by atoms with Crippen LogP contribution in [-0.2, 0) is 0 Å². The first-order chi connectivity index (χ1) is 6.41. The second kappa shape index (κ2) is 11.7. The van der Waals surface area contributed by atoms with Crippen molar-refractivity contribution in [1.29, 1.82) is 0 Å². The number of unbranched alkanes of at least 4 members (excludes halogenated alkanes) is 7. The number of rotatable bonds is 9. The molecule has 0 heterocycles. The maximum Gasteiger partial charge on any atom is -0.0351 e. The monoisotopic (exact) mass is 180 g/mol. The predicted molar refractivity (Wildman–Crippen MR) is 61.4 cm³/mol. The summed E-state index contributed by atoms with van der Waals surface area (Å²) in [5.74, 6) is 0. The average Bonchev–Trinajstić information content (AvgIpc) is 2.16. The minimum Gasteiger partial charge on any atom is -0.0885 e. The molecule has 0 aromatic carbocycles. The molecule has 0 aromatic rings. The molecule has 0 bridgehead atoms. The van der Waals surface area contributed by atoms with E-state index in [9.17, 15) is 0 Å². The van der Waals surface area contributed by atoms with Gasteiger partial charge in [0.15, 0.2) is 0 Å². The zero-order valence-electron chi connectivity index (χ0n) is 8.93. The van der Waals surface area contributed by atoms with Gasteiger partial charge in [0.05, 0.1) is 0 Å². The highest BCUT2D eigenvalue weighted by Gasteiger charge is 1.86. The Kier molecular flexibility index (Phi) is 11.5. The van der Waals surface area contributed by atoms with Crippen LogP contribution in [0.15, 0.2) is 12.2 Å². The quantitative estimate of drug-likeness (QED) is 0.356. The predicted octanol–water partition coefficient (Wildman–Crippen LogP) is 4.72. The molecule has 0 amide bonds. The van der Waals surface area contributed by atoms with Gasteiger partial charge in [-0.05, 0) is 25.7 Å². The Morgan fingerprint density at radius 1 is 0.615 bits per heavy atom. The molecule has 2 radical (unpaired) electrons. The molecule has 0 saturated carbocycles. The van der Waals surface area contributed by atoms with Gasteiger partial charge >= 0.3 is 0 Å². The molecule has 13 heavy (non-hydrogen) atoms. The summed E-state index contributed by atoms with van der Waals surface area (Å²) in [5.41, 5.74) is 0. The van der Waals surface area contributed by atoms with Crippen molar-refractivity contribution in [3.63, 3.8) is 0 Å². The van der Waals surface area contributed by atoms with Gasteiger partial charge in [-0.1, -0.05) is 58.1 Å². The van der Waals surface area contributed by atoms with Crippen molar-refractivity contribution < 1.29 is 0 Å². The molecule has 76 valence electrons. The minimum atomic E-state index is 1.06. The van der Waals surface area contributed by atoms with E-state index in [2.05, 4.69) is 26.0 Å². The topological polar surface area (TPSA) is 0 Å². The number of hydrogen-bond donors (Lipinski definition) is 0. The lowest BCUT2D eigenvalue weighted by atomic mass is 10.1. The zero-order chi connectivity index (χ0) is 9.78. The van der Waals surface area contributed by atoms with Gasteiger partial charge in [0.2, 0.25) is 0 Å². The van der Waals surface area contributed by atoms with Crippen LogP contribution in [0.4, 0.5) is 0 Å². The fraction of sp³-hybridized carbons (Fsp3) is 0.692. The van der Waals surface area contributed by atoms with Crippen molar-refractivity contribution in [2.24, 2.45) is 0 Å². The smallest absolute Gasteiger partial charge is 0.0351 e. The summed E-state index contributed by atoms with van der Waals surface area (Å²) in [5, 5.41) is 0. The van der Waals surface area contributed by atoms with E-state index in [4.69, 9.17) is 0 Å². The van der Waals surface area contributed by atoms with Crippen LogP contribution in [0.2, 0.25) is 0 Å². The largest absolute Gasteiger partial charge is 0.0885 e. The van der Waals surface area contributed by atoms with Gasteiger partial charge in [-0.3, -0.25) is 0 Å². The maximum atomic E-state index is 3.83. The minimum absolute atomic E-state index is 1.06. The summed E-state index contributed by atoms with van der Waals surface area (Å²) >= 11 is 0. The second-order valence-electron chi connectivity index (χ2n) is 3.52. The van der Waals surface area contributed by atoms with Gasteiger partial charge in [-0.25, -0.2) is 0 Å². The summed E-state index contributed by atoms with van der Waals surface area (Å²) in [7, 11) is 0. The van der Waals surface area contributed by atoms with Crippen LogP contribution in [0.3, 0.4) is 0 Å². The molecule has 0 aliphatic rings. The van der Waals surface area contributed by atoms with Crippen LogP contribution in [0, 0.1) is 13.8 Å². The van der Waals surface area contributed by atoms with Crippen molar-refractivity contribution in [2.75, 3.05) is 0 Å². The summed E-state index contributed by atoms with van der Waals surface area (Å²) in [6.07, 6.45) is 15.9. The first kappa shape index (κ1) is 12.7. The normalized spacial score (nSPS) is 11.2. The SMILES string of the molecule is [CH2]CCC/C=C/CCCCCC[CH2]. The molecule has 0 heteroatoms. The van der Waals surface area contributed by atoms with Gasteiger partial charge in [0.1, 0.15) is 0 Å². The van der Waals surface area contributed by atoms with Crippen LogP contribution < -0.4 is 0 Å². The molecule has 0 nitrogen and oxygen atoms in total. The number of hydrogen-bond acceptors (Lipinski definition) is 0. The molecule has 0 saturated heterocycles. The highest BCUT2D eigenvalue weighted by molar-refractivity contribution is 4.81. The molecular weight excluding hydrogens is 156 g/mol. The standard InChI is InChI=1S/C13H24/c1-3-5-7-9-11-13-12-10-8-6-4-2/h9,11H,1-8,10,12-13H2/b11-9+. The van der Waals surface area contributed by atoms with E-state index in [-0.39, 0.29) is 0 Å². The van der Waals surface area contributed by atoms with Crippen molar-refractivity contribution >= 4 is 0 Å². The van der Waals surface area contributed by atoms with Gasteiger partial charge < -0.3 is 0 Å². The summed E-state index contributed by atoms with van der Waals surface area (Å²) < 4.78 is 0. The molecule has 0 aliphatic heterocycles. The van der Waals surface area contributed by atoms with E-state index in [1.54, 1.807) is 0 Å². The number of allylic oxidation sites excluding steroid dienone is 2. The van der Waals surface area contributed by atoms with E-state index in [1.165, 1.54) is 44.9 Å². The molecule has 0 atom stereocenters. The Labute approximate surface area is 84.4 Å². The Morgan fingerprint density at radius 3 is 1.77 bits per heavy atom. The van der Waals surface area contributed by atoms with Crippen LogP contribution >= 0.6 is 0 Å². The van der Waals surface area contributed by atoms with E-state index in [0.29, 0.717) is 0 Å². The second-order valence-corrected chi connectivity index (χ2v) is 3.52. The van der Waals surface area contributed by atoms with Crippen molar-refractivity contribution in [3.8, 4) is 0 Å². The van der Waals surface area contributed by atoms with Crippen molar-refractivity contribution in [1.82, 2.24) is 0 Å². The van der Waals surface area contributed by atoms with Crippen LogP contribution in [0.25, 0.3) is 0 Å². The van der Waals surface area contributed by atoms with E-state index in [0.717, 1.165) is 12.8 Å². The van der Waals surface area contributed by atoms with E-state index >= 15 is 0 Å². The lowest BCUT2D eigenvalue weighted by molar-refractivity contribution is 0.651. The molecule has 0 rings (SSSR count). The lowest BCUT2D eigenvalue weighted by Gasteiger charge is -1.95. The molecular formula is C13H24. The van der Waals surface area contributed by atoms with Crippen LogP contribution in [0.1, 0.15) is 57.8 Å². The van der Waals surface area contributed by atoms with Gasteiger partial charge in [0.25, 0.3) is 0 Å². The Hall–Kier alpha value is -0.260. The zero-order valence-corrected chi connectivity index (χ0v) is 8.93. The average molecular weight is 180 g/mol. The summed E-state index contributed by atoms with van der Waals surface area (Å²) in [4.78, 5) is 0. The van der Waals surface area contributed by atoms with E-state index in [1.807, 2.05) is 0 Å². The first-order valence-electron chi connectivity index (χ1n) is 5.65. The molecule has 0 spiro atoms. The fourth-order valence-corrected chi connectivity index (χ4v) is 1.29. The Balaban J connectivity index is 2.93. The summed E-state index contributed by atoms with van der Waals surface area (Å²) in [6, 6.07) is 0. The molecule has 0 N–H and O–H groups in total. The maximum absolute atomic E-state index is 3.83. The molecule has 0 aliphatic carbocycles. The summed E-state index contributed by atoms with van der Waals surface area (Å²) in [6.45, 7) is 7.65. The molecule has 0 aromatic heterocycles. The molecule has 0 fully saturated rings.